The Morgan fingerprint density at radius 1 is 1.18 bits per heavy atom. The number of rotatable bonds is 3. The highest BCUT2D eigenvalue weighted by molar-refractivity contribution is 5.98. The molecule has 0 fully saturated rings. The first-order valence-electron chi connectivity index (χ1n) is 6.94. The molecule has 0 atom stereocenters. The quantitative estimate of drug-likeness (QED) is 0.873. The molecule has 1 amide bonds. The lowest BCUT2D eigenvalue weighted by Crippen LogP contribution is -2.34. The molecule has 0 spiro atoms. The number of carbonyl (C=O) groups excluding carboxylic acids is 1. The number of fused-ring (bicyclic) bond motifs is 1. The number of methoxy groups -OCH3 is 1. The van der Waals surface area contributed by atoms with Gasteiger partial charge in [0.05, 0.1) is 12.8 Å². The van der Waals surface area contributed by atoms with E-state index in [0.717, 1.165) is 22.6 Å². The molecule has 0 aliphatic carbocycles. The van der Waals surface area contributed by atoms with Crippen LogP contribution < -0.4 is 9.64 Å². The molecule has 0 radical (unpaired) electrons. The van der Waals surface area contributed by atoms with Crippen molar-refractivity contribution < 1.29 is 14.3 Å². The van der Waals surface area contributed by atoms with Gasteiger partial charge in [-0.25, -0.2) is 4.79 Å². The second-order valence-electron chi connectivity index (χ2n) is 4.84. The number of hydrogen-bond acceptors (Lipinski definition) is 4. The van der Waals surface area contributed by atoms with Crippen molar-refractivity contribution >= 4 is 18.0 Å². The second-order valence-corrected chi connectivity index (χ2v) is 4.84. The topological polar surface area (TPSA) is 51.1 Å². The van der Waals surface area contributed by atoms with E-state index >= 15 is 0 Å². The molecule has 1 aliphatic heterocycles. The van der Waals surface area contributed by atoms with Crippen LogP contribution in [0.25, 0.3) is 0 Å². The van der Waals surface area contributed by atoms with Crippen LogP contribution >= 0.6 is 0 Å². The maximum atomic E-state index is 12.3. The molecule has 1 aliphatic rings. The van der Waals surface area contributed by atoms with Gasteiger partial charge in [-0.15, -0.1) is 0 Å². The third-order valence-corrected chi connectivity index (χ3v) is 3.42. The third kappa shape index (κ3) is 2.93. The monoisotopic (exact) mass is 296 g/mol. The Morgan fingerprint density at radius 2 is 1.95 bits per heavy atom. The van der Waals surface area contributed by atoms with Gasteiger partial charge in [0, 0.05) is 11.8 Å². The maximum Gasteiger partial charge on any atom is 0.416 e. The van der Waals surface area contributed by atoms with Crippen molar-refractivity contribution in [1.82, 2.24) is 0 Å². The minimum absolute atomic E-state index is 0.214. The van der Waals surface area contributed by atoms with Crippen LogP contribution in [0, 0.1) is 0 Å². The predicted octanol–water partition coefficient (Wildman–Crippen LogP) is 3.23. The van der Waals surface area contributed by atoms with Gasteiger partial charge in [0.25, 0.3) is 0 Å². The average Bonchev–Trinajstić information content (AvgIpc) is 2.59. The zero-order valence-corrected chi connectivity index (χ0v) is 12.2. The molecule has 0 saturated carbocycles. The smallest absolute Gasteiger partial charge is 0.416 e. The van der Waals surface area contributed by atoms with Crippen molar-refractivity contribution in [3.8, 4) is 5.75 Å². The molecule has 0 bridgehead atoms. The van der Waals surface area contributed by atoms with Crippen molar-refractivity contribution in [2.45, 2.75) is 6.61 Å². The highest BCUT2D eigenvalue weighted by Gasteiger charge is 2.21. The van der Waals surface area contributed by atoms with E-state index in [0.29, 0.717) is 0 Å². The number of nitrogens with zero attached hydrogens (tertiary/aromatic N) is 2. The molecule has 0 saturated heterocycles. The summed E-state index contributed by atoms with van der Waals surface area (Å²) in [4.78, 5) is 18.0. The molecular formula is C17H16N2O3. The van der Waals surface area contributed by atoms with Crippen LogP contribution in [-0.4, -0.2) is 26.1 Å². The molecule has 0 N–H and O–H groups in total. The Labute approximate surface area is 128 Å². The van der Waals surface area contributed by atoms with Crippen LogP contribution in [0.15, 0.2) is 53.5 Å². The third-order valence-electron chi connectivity index (χ3n) is 3.42. The molecule has 2 aromatic rings. The van der Waals surface area contributed by atoms with Gasteiger partial charge in [0.15, 0.2) is 0 Å². The van der Waals surface area contributed by atoms with E-state index in [2.05, 4.69) is 4.99 Å². The molecule has 0 aromatic heterocycles. The highest BCUT2D eigenvalue weighted by Crippen LogP contribution is 2.23. The number of benzene rings is 2. The summed E-state index contributed by atoms with van der Waals surface area (Å²) in [5.41, 5.74) is 2.63. The maximum absolute atomic E-state index is 12.3. The molecule has 3 rings (SSSR count). The first-order chi connectivity index (χ1) is 10.8. The summed E-state index contributed by atoms with van der Waals surface area (Å²) in [6.07, 6.45) is 1.36. The molecule has 1 heterocycles. The van der Waals surface area contributed by atoms with Crippen LogP contribution in [-0.2, 0) is 11.3 Å². The lowest BCUT2D eigenvalue weighted by molar-refractivity contribution is 0.147. The fourth-order valence-corrected chi connectivity index (χ4v) is 2.24. The standard InChI is InChI=1S/C17H16N2O3/c1-21-15-8-6-13(7-9-15)11-22-17(20)19-12-18-10-14-4-2-3-5-16(14)19/h2-10H,11-12H2,1H3. The van der Waals surface area contributed by atoms with Crippen LogP contribution in [0.2, 0.25) is 0 Å². The van der Waals surface area contributed by atoms with Crippen LogP contribution in [0.3, 0.4) is 0 Å². The lowest BCUT2D eigenvalue weighted by atomic mass is 10.1. The van der Waals surface area contributed by atoms with Gasteiger partial charge >= 0.3 is 6.09 Å². The second kappa shape index (κ2) is 6.30. The Morgan fingerprint density at radius 3 is 2.73 bits per heavy atom. The summed E-state index contributed by atoms with van der Waals surface area (Å²) < 4.78 is 10.5. The number of hydrogen-bond donors (Lipinski definition) is 0. The van der Waals surface area contributed by atoms with E-state index in [4.69, 9.17) is 9.47 Å². The van der Waals surface area contributed by atoms with Gasteiger partial charge in [-0.2, -0.15) is 0 Å². The predicted molar refractivity (Wildman–Crippen MR) is 84.6 cm³/mol. The summed E-state index contributed by atoms with van der Waals surface area (Å²) in [5, 5.41) is 0. The normalized spacial score (nSPS) is 12.7. The number of amides is 1. The molecule has 0 unspecified atom stereocenters. The number of anilines is 1. The molecule has 5 heteroatoms. The SMILES string of the molecule is COc1ccc(COC(=O)N2CN=Cc3ccccc32)cc1. The minimum atomic E-state index is -0.403. The fourth-order valence-electron chi connectivity index (χ4n) is 2.24. The highest BCUT2D eigenvalue weighted by atomic mass is 16.6. The first-order valence-corrected chi connectivity index (χ1v) is 6.94. The summed E-state index contributed by atoms with van der Waals surface area (Å²) in [6, 6.07) is 15.0. The molecular weight excluding hydrogens is 280 g/mol. The molecule has 2 aromatic carbocycles. The molecule has 5 nitrogen and oxygen atoms in total. The number of carbonyl (C=O) groups is 1. The summed E-state index contributed by atoms with van der Waals surface area (Å²) in [7, 11) is 1.61. The van der Waals surface area contributed by atoms with Crippen molar-refractivity contribution in [3.05, 3.63) is 59.7 Å². The molecule has 112 valence electrons. The number of para-hydroxylation sites is 1. The van der Waals surface area contributed by atoms with E-state index in [9.17, 15) is 4.79 Å². The lowest BCUT2D eigenvalue weighted by Gasteiger charge is -2.24. The first kappa shape index (κ1) is 14.1. The minimum Gasteiger partial charge on any atom is -0.497 e. The zero-order valence-electron chi connectivity index (χ0n) is 12.2. The Balaban J connectivity index is 1.66. The summed E-state index contributed by atoms with van der Waals surface area (Å²) in [6.45, 7) is 0.490. The van der Waals surface area contributed by atoms with Gasteiger partial charge in [-0.1, -0.05) is 30.3 Å². The van der Waals surface area contributed by atoms with Gasteiger partial charge < -0.3 is 9.47 Å². The Hall–Kier alpha value is -2.82. The van der Waals surface area contributed by atoms with E-state index in [-0.39, 0.29) is 13.3 Å². The van der Waals surface area contributed by atoms with Crippen LogP contribution in [0.1, 0.15) is 11.1 Å². The Bertz CT molecular complexity index is 695. The van der Waals surface area contributed by atoms with E-state index in [1.165, 1.54) is 4.90 Å². The van der Waals surface area contributed by atoms with Crippen molar-refractivity contribution in [2.24, 2.45) is 4.99 Å². The zero-order chi connectivity index (χ0) is 15.4. The number of ether oxygens (including phenoxy) is 2. The van der Waals surface area contributed by atoms with E-state index in [1.807, 2.05) is 48.5 Å². The van der Waals surface area contributed by atoms with Crippen LogP contribution in [0.4, 0.5) is 10.5 Å². The average molecular weight is 296 g/mol. The summed E-state index contributed by atoms with van der Waals surface area (Å²) >= 11 is 0. The van der Waals surface area contributed by atoms with E-state index < -0.39 is 6.09 Å². The van der Waals surface area contributed by atoms with Crippen molar-refractivity contribution in [2.75, 3.05) is 18.7 Å². The van der Waals surface area contributed by atoms with Crippen LogP contribution in [0.5, 0.6) is 5.75 Å². The largest absolute Gasteiger partial charge is 0.497 e. The summed E-state index contributed by atoms with van der Waals surface area (Å²) in [5.74, 6) is 0.773. The number of aliphatic imine (C=N–C) groups is 1. The van der Waals surface area contributed by atoms with Gasteiger partial charge in [0.2, 0.25) is 0 Å². The van der Waals surface area contributed by atoms with Gasteiger partial charge in [0.1, 0.15) is 19.0 Å². The van der Waals surface area contributed by atoms with E-state index in [1.54, 1.807) is 13.3 Å². The van der Waals surface area contributed by atoms with Gasteiger partial charge in [-0.3, -0.25) is 9.89 Å². The van der Waals surface area contributed by atoms with Crippen molar-refractivity contribution in [3.63, 3.8) is 0 Å². The molecule has 22 heavy (non-hydrogen) atoms. The van der Waals surface area contributed by atoms with Gasteiger partial charge in [-0.05, 0) is 23.8 Å². The fraction of sp³-hybridized carbons (Fsp3) is 0.176. The Kier molecular flexibility index (Phi) is 4.05. The van der Waals surface area contributed by atoms with Crippen molar-refractivity contribution in [1.29, 1.82) is 0 Å².